The Labute approximate surface area is 134 Å². The van der Waals surface area contributed by atoms with Crippen molar-refractivity contribution < 1.29 is 9.53 Å². The van der Waals surface area contributed by atoms with E-state index in [1.165, 1.54) is 12.1 Å². The first-order valence-corrected chi connectivity index (χ1v) is 7.19. The zero-order valence-corrected chi connectivity index (χ0v) is 13.3. The van der Waals surface area contributed by atoms with Gasteiger partial charge < -0.3 is 10.5 Å². The summed E-state index contributed by atoms with van der Waals surface area (Å²) in [4.78, 5) is 12.0. The molecule has 0 unspecified atom stereocenters. The van der Waals surface area contributed by atoms with Crippen molar-refractivity contribution in [1.29, 1.82) is 0 Å². The highest BCUT2D eigenvalue weighted by Gasteiger charge is 2.18. The molecule has 0 radical (unpaired) electrons. The maximum Gasteiger partial charge on any atom is 0.342 e. The smallest absolute Gasteiger partial charge is 0.342 e. The lowest BCUT2D eigenvalue weighted by atomic mass is 10.2. The molecule has 0 aliphatic heterocycles. The van der Waals surface area contributed by atoms with Gasteiger partial charge in [-0.3, -0.25) is 0 Å². The second-order valence-corrected chi connectivity index (χ2v) is 5.75. The number of halogens is 3. The Bertz CT molecular complexity index is 644. The second kappa shape index (κ2) is 6.48. The van der Waals surface area contributed by atoms with E-state index in [-0.39, 0.29) is 27.9 Å². The highest BCUT2D eigenvalue weighted by molar-refractivity contribution is 9.10. The van der Waals surface area contributed by atoms with E-state index < -0.39 is 5.97 Å². The summed E-state index contributed by atoms with van der Waals surface area (Å²) in [7, 11) is 0. The van der Waals surface area contributed by atoms with Gasteiger partial charge in [0.15, 0.2) is 0 Å². The number of carbonyl (C=O) groups is 1. The fourth-order valence-corrected chi connectivity index (χ4v) is 2.24. The van der Waals surface area contributed by atoms with Gasteiger partial charge in [-0.2, -0.15) is 0 Å². The predicted molar refractivity (Wildman–Crippen MR) is 84.1 cm³/mol. The van der Waals surface area contributed by atoms with Crippen molar-refractivity contribution in [3.63, 3.8) is 0 Å². The normalized spacial score (nSPS) is 10.3. The number of carbonyl (C=O) groups excluding carboxylic acids is 1. The van der Waals surface area contributed by atoms with Gasteiger partial charge in [-0.25, -0.2) is 4.79 Å². The van der Waals surface area contributed by atoms with E-state index in [4.69, 9.17) is 33.7 Å². The topological polar surface area (TPSA) is 52.3 Å². The molecule has 0 aliphatic rings. The molecule has 20 heavy (non-hydrogen) atoms. The maximum atomic E-state index is 12.0. The minimum absolute atomic E-state index is 0.0938. The van der Waals surface area contributed by atoms with E-state index in [1.807, 2.05) is 24.3 Å². The highest BCUT2D eigenvalue weighted by Crippen LogP contribution is 2.30. The number of benzene rings is 2. The summed E-state index contributed by atoms with van der Waals surface area (Å²) in [5.41, 5.74) is 6.83. The largest absolute Gasteiger partial charge is 0.457 e. The summed E-state index contributed by atoms with van der Waals surface area (Å²) in [6.45, 7) is 0.133. The van der Waals surface area contributed by atoms with Gasteiger partial charge in [0, 0.05) is 4.47 Å². The molecule has 0 bridgehead atoms. The molecule has 2 aromatic carbocycles. The lowest BCUT2D eigenvalue weighted by Gasteiger charge is -2.10. The third-order valence-corrected chi connectivity index (χ3v) is 3.80. The average molecular weight is 375 g/mol. The predicted octanol–water partition coefficient (Wildman–Crippen LogP) is 4.70. The lowest BCUT2D eigenvalue weighted by Crippen LogP contribution is -2.09. The number of anilines is 1. The Balaban J connectivity index is 2.13. The standard InChI is InChI=1S/C14H10BrCl2NO2/c15-9-3-1-8(2-4-9)7-20-14(19)12-10(16)5-6-11(17)13(12)18/h1-6H,7,18H2. The quantitative estimate of drug-likeness (QED) is 0.626. The van der Waals surface area contributed by atoms with Gasteiger partial charge in [-0.05, 0) is 29.8 Å². The average Bonchev–Trinajstić information content (AvgIpc) is 2.43. The third kappa shape index (κ3) is 3.45. The molecule has 3 nitrogen and oxygen atoms in total. The summed E-state index contributed by atoms with van der Waals surface area (Å²) in [5.74, 6) is -0.599. The lowest BCUT2D eigenvalue weighted by molar-refractivity contribution is 0.0474. The first kappa shape index (κ1) is 15.2. The van der Waals surface area contributed by atoms with Gasteiger partial charge in [-0.15, -0.1) is 0 Å². The zero-order valence-electron chi connectivity index (χ0n) is 10.2. The monoisotopic (exact) mass is 373 g/mol. The second-order valence-electron chi connectivity index (χ2n) is 4.02. The molecule has 0 aromatic heterocycles. The molecule has 0 atom stereocenters. The fraction of sp³-hybridized carbons (Fsp3) is 0.0714. The zero-order chi connectivity index (χ0) is 14.7. The molecular formula is C14H10BrCl2NO2. The molecule has 0 aliphatic carbocycles. The molecule has 2 N–H and O–H groups in total. The van der Waals surface area contributed by atoms with Gasteiger partial charge in [-0.1, -0.05) is 51.3 Å². The van der Waals surface area contributed by atoms with E-state index in [1.54, 1.807) is 0 Å². The van der Waals surface area contributed by atoms with Crippen LogP contribution in [0.4, 0.5) is 5.69 Å². The van der Waals surface area contributed by atoms with Crippen molar-refractivity contribution in [3.05, 3.63) is 62.0 Å². The van der Waals surface area contributed by atoms with Crippen LogP contribution in [0.1, 0.15) is 15.9 Å². The van der Waals surface area contributed by atoms with E-state index in [2.05, 4.69) is 15.9 Å². The van der Waals surface area contributed by atoms with Crippen LogP contribution in [0.5, 0.6) is 0 Å². The minimum atomic E-state index is -0.599. The molecule has 0 saturated carbocycles. The summed E-state index contributed by atoms with van der Waals surface area (Å²) >= 11 is 15.2. The van der Waals surface area contributed by atoms with Gasteiger partial charge in [0.25, 0.3) is 0 Å². The number of nitrogens with two attached hydrogens (primary N) is 1. The Morgan fingerprint density at radius 3 is 2.35 bits per heavy atom. The van der Waals surface area contributed by atoms with Gasteiger partial charge in [0.05, 0.1) is 15.7 Å². The van der Waals surface area contributed by atoms with E-state index in [9.17, 15) is 4.79 Å². The van der Waals surface area contributed by atoms with Crippen LogP contribution in [0.25, 0.3) is 0 Å². The first-order chi connectivity index (χ1) is 9.49. The molecule has 104 valence electrons. The minimum Gasteiger partial charge on any atom is -0.457 e. The highest BCUT2D eigenvalue weighted by atomic mass is 79.9. The van der Waals surface area contributed by atoms with Crippen LogP contribution in [0, 0.1) is 0 Å². The molecule has 2 aromatic rings. The summed E-state index contributed by atoms with van der Waals surface area (Å²) in [6.07, 6.45) is 0. The van der Waals surface area contributed by atoms with Crippen LogP contribution < -0.4 is 5.73 Å². The van der Waals surface area contributed by atoms with Crippen molar-refractivity contribution in [2.24, 2.45) is 0 Å². The van der Waals surface area contributed by atoms with E-state index >= 15 is 0 Å². The van der Waals surface area contributed by atoms with Crippen molar-refractivity contribution in [3.8, 4) is 0 Å². The number of ether oxygens (including phenoxy) is 1. The van der Waals surface area contributed by atoms with Crippen LogP contribution in [0.15, 0.2) is 40.9 Å². The fourth-order valence-electron chi connectivity index (χ4n) is 1.58. The summed E-state index contributed by atoms with van der Waals surface area (Å²) in [5, 5.41) is 0.484. The van der Waals surface area contributed by atoms with Crippen molar-refractivity contribution >= 4 is 50.8 Å². The van der Waals surface area contributed by atoms with Gasteiger partial charge in [0.2, 0.25) is 0 Å². The first-order valence-electron chi connectivity index (χ1n) is 5.64. The molecular weight excluding hydrogens is 365 g/mol. The molecule has 0 spiro atoms. The number of nitrogen functional groups attached to an aromatic ring is 1. The van der Waals surface area contributed by atoms with Gasteiger partial charge in [0.1, 0.15) is 12.2 Å². The van der Waals surface area contributed by atoms with E-state index in [0.717, 1.165) is 10.0 Å². The Hall–Kier alpha value is -1.23. The molecule has 0 saturated heterocycles. The van der Waals surface area contributed by atoms with E-state index in [0.29, 0.717) is 0 Å². The van der Waals surface area contributed by atoms with Crippen molar-refractivity contribution in [1.82, 2.24) is 0 Å². The Kier molecular flexibility index (Phi) is 4.91. The third-order valence-electron chi connectivity index (χ3n) is 2.63. The van der Waals surface area contributed by atoms with Crippen LogP contribution in [0.2, 0.25) is 10.0 Å². The van der Waals surface area contributed by atoms with Gasteiger partial charge >= 0.3 is 5.97 Å². The number of hydrogen-bond acceptors (Lipinski definition) is 3. The Morgan fingerprint density at radius 1 is 1.10 bits per heavy atom. The molecule has 0 amide bonds. The molecule has 0 heterocycles. The van der Waals surface area contributed by atoms with Crippen molar-refractivity contribution in [2.75, 3.05) is 5.73 Å². The number of esters is 1. The molecule has 0 fully saturated rings. The number of rotatable bonds is 3. The Morgan fingerprint density at radius 2 is 1.70 bits per heavy atom. The number of hydrogen-bond donors (Lipinski definition) is 1. The van der Waals surface area contributed by atoms with Crippen LogP contribution in [-0.2, 0) is 11.3 Å². The summed E-state index contributed by atoms with van der Waals surface area (Å²) < 4.78 is 6.15. The SMILES string of the molecule is Nc1c(Cl)ccc(Cl)c1C(=O)OCc1ccc(Br)cc1. The molecule has 2 rings (SSSR count). The van der Waals surface area contributed by atoms with Crippen LogP contribution in [-0.4, -0.2) is 5.97 Å². The summed E-state index contributed by atoms with van der Waals surface area (Å²) in [6, 6.07) is 10.5. The van der Waals surface area contributed by atoms with Crippen LogP contribution >= 0.6 is 39.1 Å². The van der Waals surface area contributed by atoms with Crippen LogP contribution in [0.3, 0.4) is 0 Å². The maximum absolute atomic E-state index is 12.0. The van der Waals surface area contributed by atoms with Crippen molar-refractivity contribution in [2.45, 2.75) is 6.61 Å². The molecule has 6 heteroatoms.